The van der Waals surface area contributed by atoms with Gasteiger partial charge in [-0.15, -0.1) is 0 Å². The SMILES string of the molecule is CC(C)COC(=O)c1[nH]c2ccc(F)cc2c1I. The summed E-state index contributed by atoms with van der Waals surface area (Å²) < 4.78 is 19.0. The number of benzene rings is 1. The number of esters is 1. The number of rotatable bonds is 3. The maximum Gasteiger partial charge on any atom is 0.355 e. The number of hydrogen-bond acceptors (Lipinski definition) is 2. The third-order valence-electron chi connectivity index (χ3n) is 2.45. The van der Waals surface area contributed by atoms with Crippen LogP contribution in [-0.4, -0.2) is 17.6 Å². The van der Waals surface area contributed by atoms with Crippen LogP contribution in [0.15, 0.2) is 18.2 Å². The first-order valence-electron chi connectivity index (χ1n) is 5.63. The molecule has 1 aromatic carbocycles. The Morgan fingerprint density at radius 1 is 1.50 bits per heavy atom. The molecule has 5 heteroatoms. The van der Waals surface area contributed by atoms with Crippen LogP contribution in [0, 0.1) is 15.3 Å². The molecule has 0 aliphatic heterocycles. The van der Waals surface area contributed by atoms with Crippen molar-refractivity contribution in [2.75, 3.05) is 6.61 Å². The Kier molecular flexibility index (Phi) is 3.89. The van der Waals surface area contributed by atoms with Crippen molar-refractivity contribution in [3.05, 3.63) is 33.3 Å². The molecular formula is C13H13FINO2. The number of hydrogen-bond donors (Lipinski definition) is 1. The molecule has 1 heterocycles. The molecule has 0 aliphatic rings. The van der Waals surface area contributed by atoms with Crippen LogP contribution in [0.1, 0.15) is 24.3 Å². The number of H-pyrrole nitrogens is 1. The average molecular weight is 361 g/mol. The van der Waals surface area contributed by atoms with Crippen molar-refractivity contribution >= 4 is 39.5 Å². The Balaban J connectivity index is 2.34. The number of aromatic nitrogens is 1. The Labute approximate surface area is 118 Å². The highest BCUT2D eigenvalue weighted by molar-refractivity contribution is 14.1. The summed E-state index contributed by atoms with van der Waals surface area (Å²) in [6, 6.07) is 4.39. The van der Waals surface area contributed by atoms with Gasteiger partial charge in [-0.05, 0) is 46.7 Å². The Hall–Kier alpha value is -1.11. The lowest BCUT2D eigenvalue weighted by Crippen LogP contribution is -2.11. The highest BCUT2D eigenvalue weighted by Gasteiger charge is 2.17. The molecule has 0 fully saturated rings. The highest BCUT2D eigenvalue weighted by atomic mass is 127. The van der Waals surface area contributed by atoms with Crippen LogP contribution >= 0.6 is 22.6 Å². The monoisotopic (exact) mass is 361 g/mol. The molecule has 3 nitrogen and oxygen atoms in total. The third-order valence-corrected chi connectivity index (χ3v) is 3.57. The van der Waals surface area contributed by atoms with Gasteiger partial charge in [-0.3, -0.25) is 0 Å². The molecule has 0 bridgehead atoms. The summed E-state index contributed by atoms with van der Waals surface area (Å²) in [6.45, 7) is 4.32. The Bertz CT molecular complexity index is 592. The van der Waals surface area contributed by atoms with Gasteiger partial charge in [0.05, 0.1) is 10.2 Å². The molecule has 96 valence electrons. The van der Waals surface area contributed by atoms with Crippen LogP contribution in [0.3, 0.4) is 0 Å². The molecule has 0 unspecified atom stereocenters. The standard InChI is InChI=1S/C13H13FINO2/c1-7(2)6-18-13(17)12-11(15)9-5-8(14)3-4-10(9)16-12/h3-5,7,16H,6H2,1-2H3. The van der Waals surface area contributed by atoms with Crippen molar-refractivity contribution < 1.29 is 13.9 Å². The van der Waals surface area contributed by atoms with Crippen molar-refractivity contribution in [1.82, 2.24) is 4.98 Å². The Morgan fingerprint density at radius 3 is 2.89 bits per heavy atom. The lowest BCUT2D eigenvalue weighted by atomic mass is 10.2. The first-order chi connectivity index (χ1) is 8.49. The van der Waals surface area contributed by atoms with Crippen LogP contribution in [0.2, 0.25) is 0 Å². The first-order valence-corrected chi connectivity index (χ1v) is 6.70. The van der Waals surface area contributed by atoms with Gasteiger partial charge in [0, 0.05) is 10.9 Å². The van der Waals surface area contributed by atoms with E-state index in [1.807, 2.05) is 36.4 Å². The van der Waals surface area contributed by atoms with Crippen molar-refractivity contribution in [3.63, 3.8) is 0 Å². The summed E-state index contributed by atoms with van der Waals surface area (Å²) in [6.07, 6.45) is 0. The minimum Gasteiger partial charge on any atom is -0.461 e. The van der Waals surface area contributed by atoms with Gasteiger partial charge in [0.25, 0.3) is 0 Å². The third kappa shape index (κ3) is 2.66. The van der Waals surface area contributed by atoms with Crippen molar-refractivity contribution in [2.45, 2.75) is 13.8 Å². The topological polar surface area (TPSA) is 42.1 Å². The fraction of sp³-hybridized carbons (Fsp3) is 0.308. The fourth-order valence-corrected chi connectivity index (χ4v) is 2.39. The fourth-order valence-electron chi connectivity index (χ4n) is 1.59. The molecule has 0 saturated heterocycles. The van der Waals surface area contributed by atoms with Crippen molar-refractivity contribution in [2.24, 2.45) is 5.92 Å². The van der Waals surface area contributed by atoms with Gasteiger partial charge in [-0.2, -0.15) is 0 Å². The van der Waals surface area contributed by atoms with E-state index in [4.69, 9.17) is 4.74 Å². The number of nitrogens with one attached hydrogen (secondary N) is 1. The molecule has 0 radical (unpaired) electrons. The number of ether oxygens (including phenoxy) is 1. The number of carbonyl (C=O) groups is 1. The lowest BCUT2D eigenvalue weighted by molar-refractivity contribution is 0.0452. The normalized spacial score (nSPS) is 11.2. The second-order valence-electron chi connectivity index (χ2n) is 4.50. The summed E-state index contributed by atoms with van der Waals surface area (Å²) in [4.78, 5) is 14.8. The zero-order chi connectivity index (χ0) is 13.3. The molecule has 1 aromatic heterocycles. The van der Waals surface area contributed by atoms with E-state index in [9.17, 15) is 9.18 Å². The van der Waals surface area contributed by atoms with Crippen LogP contribution < -0.4 is 0 Å². The largest absolute Gasteiger partial charge is 0.461 e. The predicted molar refractivity (Wildman–Crippen MR) is 76.1 cm³/mol. The van der Waals surface area contributed by atoms with Gasteiger partial charge < -0.3 is 9.72 Å². The van der Waals surface area contributed by atoms with E-state index >= 15 is 0 Å². The van der Waals surface area contributed by atoms with Crippen LogP contribution in [0.4, 0.5) is 4.39 Å². The van der Waals surface area contributed by atoms with E-state index in [2.05, 4.69) is 4.98 Å². The summed E-state index contributed by atoms with van der Waals surface area (Å²) in [5.74, 6) is -0.431. The number of halogens is 2. The molecule has 2 aromatic rings. The van der Waals surface area contributed by atoms with Gasteiger partial charge in [0.2, 0.25) is 0 Å². The number of carbonyl (C=O) groups excluding carboxylic acids is 1. The van der Waals surface area contributed by atoms with Gasteiger partial charge in [0.1, 0.15) is 11.5 Å². The van der Waals surface area contributed by atoms with E-state index in [1.165, 1.54) is 12.1 Å². The van der Waals surface area contributed by atoms with Gasteiger partial charge >= 0.3 is 5.97 Å². The average Bonchev–Trinajstić information content (AvgIpc) is 2.64. The molecule has 0 amide bonds. The van der Waals surface area contributed by atoms with Crippen LogP contribution in [0.5, 0.6) is 0 Å². The van der Waals surface area contributed by atoms with Gasteiger partial charge in [-0.1, -0.05) is 13.8 Å². The summed E-state index contributed by atoms with van der Waals surface area (Å²) in [7, 11) is 0. The Morgan fingerprint density at radius 2 is 2.22 bits per heavy atom. The number of fused-ring (bicyclic) bond motifs is 1. The molecule has 0 atom stereocenters. The second-order valence-corrected chi connectivity index (χ2v) is 5.57. The second kappa shape index (κ2) is 5.26. The maximum absolute atomic E-state index is 13.1. The maximum atomic E-state index is 13.1. The van der Waals surface area contributed by atoms with E-state index in [0.29, 0.717) is 21.3 Å². The van der Waals surface area contributed by atoms with Crippen LogP contribution in [0.25, 0.3) is 10.9 Å². The molecule has 0 spiro atoms. The molecular weight excluding hydrogens is 348 g/mol. The van der Waals surface area contributed by atoms with Gasteiger partial charge in [-0.25, -0.2) is 9.18 Å². The summed E-state index contributed by atoms with van der Waals surface area (Å²) in [5.41, 5.74) is 1.12. The quantitative estimate of drug-likeness (QED) is 0.669. The highest BCUT2D eigenvalue weighted by Crippen LogP contribution is 2.25. The first kappa shape index (κ1) is 13.3. The van der Waals surface area contributed by atoms with Gasteiger partial charge in [0.15, 0.2) is 0 Å². The molecule has 2 rings (SSSR count). The summed E-state index contributed by atoms with van der Waals surface area (Å²) >= 11 is 2.02. The molecule has 18 heavy (non-hydrogen) atoms. The number of aromatic amines is 1. The van der Waals surface area contributed by atoms with E-state index in [1.54, 1.807) is 6.07 Å². The van der Waals surface area contributed by atoms with Crippen molar-refractivity contribution in [1.29, 1.82) is 0 Å². The molecule has 0 aliphatic carbocycles. The summed E-state index contributed by atoms with van der Waals surface area (Å²) in [5, 5.41) is 0.701. The van der Waals surface area contributed by atoms with E-state index in [0.717, 1.165) is 5.52 Å². The predicted octanol–water partition coefficient (Wildman–Crippen LogP) is 3.72. The lowest BCUT2D eigenvalue weighted by Gasteiger charge is -2.05. The zero-order valence-electron chi connectivity index (χ0n) is 10.1. The van der Waals surface area contributed by atoms with Crippen molar-refractivity contribution in [3.8, 4) is 0 Å². The zero-order valence-corrected chi connectivity index (χ0v) is 12.2. The minimum absolute atomic E-state index is 0.286. The van der Waals surface area contributed by atoms with E-state index in [-0.39, 0.29) is 11.7 Å². The minimum atomic E-state index is -0.398. The smallest absolute Gasteiger partial charge is 0.355 e. The van der Waals surface area contributed by atoms with E-state index < -0.39 is 5.97 Å². The van der Waals surface area contributed by atoms with Crippen LogP contribution in [-0.2, 0) is 4.74 Å². The molecule has 0 saturated carbocycles. The molecule has 1 N–H and O–H groups in total.